The van der Waals surface area contributed by atoms with Gasteiger partial charge in [0.05, 0.1) is 0 Å². The predicted octanol–water partition coefficient (Wildman–Crippen LogP) is 1.75. The van der Waals surface area contributed by atoms with E-state index in [9.17, 15) is 0 Å². The first-order chi connectivity index (χ1) is 9.13. The van der Waals surface area contributed by atoms with Crippen LogP contribution in [0.3, 0.4) is 0 Å². The van der Waals surface area contributed by atoms with E-state index >= 15 is 0 Å². The maximum absolute atomic E-state index is 4.58. The molecule has 106 valence electrons. The molecular formula is C14H25N5. The Morgan fingerprint density at radius 2 is 2.11 bits per heavy atom. The van der Waals surface area contributed by atoms with E-state index in [1.165, 1.54) is 0 Å². The monoisotopic (exact) mass is 263 g/mol. The van der Waals surface area contributed by atoms with Crippen molar-refractivity contribution in [3.8, 4) is 0 Å². The summed E-state index contributed by atoms with van der Waals surface area (Å²) in [6.07, 6.45) is 0. The predicted molar refractivity (Wildman–Crippen MR) is 79.9 cm³/mol. The molecule has 19 heavy (non-hydrogen) atoms. The summed E-state index contributed by atoms with van der Waals surface area (Å²) >= 11 is 0. The number of nitrogens with one attached hydrogen (secondary N) is 1. The molecule has 0 spiro atoms. The van der Waals surface area contributed by atoms with Gasteiger partial charge >= 0.3 is 0 Å². The zero-order chi connectivity index (χ0) is 13.8. The second-order valence-corrected chi connectivity index (χ2v) is 5.11. The van der Waals surface area contributed by atoms with Crippen molar-refractivity contribution in [2.75, 3.05) is 42.9 Å². The summed E-state index contributed by atoms with van der Waals surface area (Å²) in [4.78, 5) is 13.9. The number of hydrogen-bond acceptors (Lipinski definition) is 5. The topological polar surface area (TPSA) is 44.3 Å². The first-order valence-corrected chi connectivity index (χ1v) is 7.22. The highest BCUT2D eigenvalue weighted by atomic mass is 15.3. The van der Waals surface area contributed by atoms with Gasteiger partial charge < -0.3 is 10.2 Å². The summed E-state index contributed by atoms with van der Waals surface area (Å²) in [7, 11) is 0. The van der Waals surface area contributed by atoms with E-state index in [0.717, 1.165) is 50.2 Å². The zero-order valence-corrected chi connectivity index (χ0v) is 12.5. The van der Waals surface area contributed by atoms with Gasteiger partial charge in [0.25, 0.3) is 0 Å². The lowest BCUT2D eigenvalue weighted by Crippen LogP contribution is -2.52. The SMILES string of the molecule is CCNc1cc(N2CCN(CC)C(C)C2)nc(C)n1. The lowest BCUT2D eigenvalue weighted by atomic mass is 10.2. The fourth-order valence-corrected chi connectivity index (χ4v) is 2.66. The van der Waals surface area contributed by atoms with Crippen molar-refractivity contribution in [1.29, 1.82) is 0 Å². The Morgan fingerprint density at radius 1 is 1.32 bits per heavy atom. The molecule has 0 radical (unpaired) electrons. The van der Waals surface area contributed by atoms with Crippen LogP contribution in [0.2, 0.25) is 0 Å². The zero-order valence-electron chi connectivity index (χ0n) is 12.5. The molecule has 1 aromatic heterocycles. The molecule has 0 saturated carbocycles. The summed E-state index contributed by atoms with van der Waals surface area (Å²) in [6.45, 7) is 13.7. The Morgan fingerprint density at radius 3 is 2.74 bits per heavy atom. The van der Waals surface area contributed by atoms with Gasteiger partial charge in [0, 0.05) is 38.3 Å². The van der Waals surface area contributed by atoms with Crippen LogP contribution < -0.4 is 10.2 Å². The number of anilines is 2. The third-order valence-corrected chi connectivity index (χ3v) is 3.68. The van der Waals surface area contributed by atoms with Crippen molar-refractivity contribution in [3.05, 3.63) is 11.9 Å². The number of nitrogens with zero attached hydrogens (tertiary/aromatic N) is 4. The Labute approximate surface area is 116 Å². The molecule has 5 nitrogen and oxygen atoms in total. The quantitative estimate of drug-likeness (QED) is 0.896. The maximum atomic E-state index is 4.58. The highest BCUT2D eigenvalue weighted by Gasteiger charge is 2.23. The van der Waals surface area contributed by atoms with Crippen molar-refractivity contribution in [2.45, 2.75) is 33.7 Å². The maximum Gasteiger partial charge on any atom is 0.134 e. The van der Waals surface area contributed by atoms with E-state index in [-0.39, 0.29) is 0 Å². The average Bonchev–Trinajstić information content (AvgIpc) is 2.38. The molecule has 0 amide bonds. The van der Waals surface area contributed by atoms with Gasteiger partial charge in [-0.2, -0.15) is 0 Å². The van der Waals surface area contributed by atoms with Crippen LogP contribution in [0.4, 0.5) is 11.6 Å². The molecule has 0 aliphatic carbocycles. The molecule has 1 unspecified atom stereocenters. The van der Waals surface area contributed by atoms with E-state index in [1.807, 2.05) is 6.92 Å². The Balaban J connectivity index is 2.13. The van der Waals surface area contributed by atoms with Crippen LogP contribution in [0, 0.1) is 6.92 Å². The summed E-state index contributed by atoms with van der Waals surface area (Å²) in [5.74, 6) is 2.81. The molecule has 0 aromatic carbocycles. The molecule has 1 N–H and O–H groups in total. The third-order valence-electron chi connectivity index (χ3n) is 3.68. The van der Waals surface area contributed by atoms with Crippen LogP contribution in [0.15, 0.2) is 6.07 Å². The van der Waals surface area contributed by atoms with Crippen molar-refractivity contribution < 1.29 is 0 Å². The number of piperazine rings is 1. The molecule has 1 aliphatic heterocycles. The highest BCUT2D eigenvalue weighted by molar-refractivity contribution is 5.49. The van der Waals surface area contributed by atoms with Crippen LogP contribution in [0.5, 0.6) is 0 Å². The first kappa shape index (κ1) is 14.1. The van der Waals surface area contributed by atoms with Crippen LogP contribution in [-0.4, -0.2) is 53.6 Å². The van der Waals surface area contributed by atoms with Gasteiger partial charge in [-0.3, -0.25) is 4.90 Å². The van der Waals surface area contributed by atoms with Gasteiger partial charge in [-0.25, -0.2) is 9.97 Å². The van der Waals surface area contributed by atoms with Gasteiger partial charge in [-0.15, -0.1) is 0 Å². The number of hydrogen-bond donors (Lipinski definition) is 1. The minimum Gasteiger partial charge on any atom is -0.370 e. The number of likely N-dealkylation sites (N-methyl/N-ethyl adjacent to an activating group) is 1. The van der Waals surface area contributed by atoms with E-state index in [1.54, 1.807) is 0 Å². The van der Waals surface area contributed by atoms with Gasteiger partial charge in [0.1, 0.15) is 17.5 Å². The van der Waals surface area contributed by atoms with Crippen molar-refractivity contribution in [3.63, 3.8) is 0 Å². The number of aryl methyl sites for hydroxylation is 1. The smallest absolute Gasteiger partial charge is 0.134 e. The summed E-state index contributed by atoms with van der Waals surface area (Å²) in [5, 5.41) is 3.27. The second-order valence-electron chi connectivity index (χ2n) is 5.11. The average molecular weight is 263 g/mol. The second kappa shape index (κ2) is 6.19. The Hall–Kier alpha value is -1.36. The molecule has 0 bridgehead atoms. The summed E-state index contributed by atoms with van der Waals surface area (Å²) < 4.78 is 0. The normalized spacial score (nSPS) is 20.6. The fourth-order valence-electron chi connectivity index (χ4n) is 2.66. The summed E-state index contributed by atoms with van der Waals surface area (Å²) in [6, 6.07) is 2.64. The molecule has 1 fully saturated rings. The molecule has 1 aromatic rings. The number of rotatable bonds is 4. The first-order valence-electron chi connectivity index (χ1n) is 7.22. The Kier molecular flexibility index (Phi) is 4.58. The fraction of sp³-hybridized carbons (Fsp3) is 0.714. The van der Waals surface area contributed by atoms with Gasteiger partial charge in [-0.05, 0) is 27.3 Å². The van der Waals surface area contributed by atoms with Crippen LogP contribution in [0.25, 0.3) is 0 Å². The van der Waals surface area contributed by atoms with E-state index in [0.29, 0.717) is 6.04 Å². The molecule has 1 atom stereocenters. The lowest BCUT2D eigenvalue weighted by Gasteiger charge is -2.40. The van der Waals surface area contributed by atoms with Gasteiger partial charge in [0.2, 0.25) is 0 Å². The van der Waals surface area contributed by atoms with Crippen LogP contribution in [0.1, 0.15) is 26.6 Å². The van der Waals surface area contributed by atoms with E-state index < -0.39 is 0 Å². The van der Waals surface area contributed by atoms with Crippen molar-refractivity contribution in [2.24, 2.45) is 0 Å². The van der Waals surface area contributed by atoms with Gasteiger partial charge in [0.15, 0.2) is 0 Å². The minimum absolute atomic E-state index is 0.580. The molecule has 2 rings (SSSR count). The standard InChI is InChI=1S/C14H25N5/c1-5-15-13-9-14(17-12(4)16-13)19-8-7-18(6-2)11(3)10-19/h9,11H,5-8,10H2,1-4H3,(H,15,16,17). The Bertz CT molecular complexity index is 420. The van der Waals surface area contributed by atoms with E-state index in [4.69, 9.17) is 0 Å². The van der Waals surface area contributed by atoms with Crippen LogP contribution >= 0.6 is 0 Å². The molecular weight excluding hydrogens is 238 g/mol. The summed E-state index contributed by atoms with van der Waals surface area (Å²) in [5.41, 5.74) is 0. The molecule has 5 heteroatoms. The lowest BCUT2D eigenvalue weighted by molar-refractivity contribution is 0.199. The van der Waals surface area contributed by atoms with E-state index in [2.05, 4.69) is 51.9 Å². The largest absolute Gasteiger partial charge is 0.370 e. The molecule has 2 heterocycles. The molecule has 1 saturated heterocycles. The third kappa shape index (κ3) is 3.35. The minimum atomic E-state index is 0.580. The number of aromatic nitrogens is 2. The highest BCUT2D eigenvalue weighted by Crippen LogP contribution is 2.19. The van der Waals surface area contributed by atoms with Crippen molar-refractivity contribution >= 4 is 11.6 Å². The van der Waals surface area contributed by atoms with Crippen LogP contribution in [-0.2, 0) is 0 Å². The van der Waals surface area contributed by atoms with Gasteiger partial charge in [-0.1, -0.05) is 6.92 Å². The van der Waals surface area contributed by atoms with Crippen molar-refractivity contribution in [1.82, 2.24) is 14.9 Å². The molecule has 1 aliphatic rings.